The van der Waals surface area contributed by atoms with Crippen LogP contribution in [0.25, 0.3) is 5.69 Å². The van der Waals surface area contributed by atoms with E-state index >= 15 is 0 Å². The topological polar surface area (TPSA) is 64.0 Å². The number of fused-ring (bicyclic) bond motifs is 1. The number of amides is 1. The SMILES string of the molecule is CC[C@@H](C(=O)Nc1c2c(nn1-c1ccc(C)cc1)C[S@@](=O)C2)c1ccccc1. The lowest BCUT2D eigenvalue weighted by Gasteiger charge is -2.17. The molecule has 1 amide bonds. The predicted octanol–water partition coefficient (Wildman–Crippen LogP) is 4.08. The summed E-state index contributed by atoms with van der Waals surface area (Å²) in [7, 11) is -0.957. The first-order valence-electron chi connectivity index (χ1n) is 9.45. The van der Waals surface area contributed by atoms with E-state index in [-0.39, 0.29) is 11.8 Å². The number of carbonyl (C=O) groups is 1. The van der Waals surface area contributed by atoms with Gasteiger partial charge in [-0.2, -0.15) is 5.10 Å². The van der Waals surface area contributed by atoms with E-state index in [4.69, 9.17) is 0 Å². The van der Waals surface area contributed by atoms with Crippen molar-refractivity contribution >= 4 is 22.5 Å². The van der Waals surface area contributed by atoms with Gasteiger partial charge < -0.3 is 5.32 Å². The first kappa shape index (κ1) is 18.6. The molecule has 2 aromatic carbocycles. The molecule has 0 fully saturated rings. The lowest BCUT2D eigenvalue weighted by Crippen LogP contribution is -2.23. The van der Waals surface area contributed by atoms with Crippen molar-refractivity contribution in [2.45, 2.75) is 37.7 Å². The summed E-state index contributed by atoms with van der Waals surface area (Å²) in [6, 6.07) is 17.8. The van der Waals surface area contributed by atoms with Crippen LogP contribution in [0, 0.1) is 6.92 Å². The number of benzene rings is 2. The van der Waals surface area contributed by atoms with E-state index in [1.165, 1.54) is 0 Å². The zero-order chi connectivity index (χ0) is 19.7. The van der Waals surface area contributed by atoms with E-state index in [2.05, 4.69) is 10.4 Å². The molecule has 6 heteroatoms. The third-order valence-corrected chi connectivity index (χ3v) is 6.32. The number of aryl methyl sites for hydroxylation is 1. The smallest absolute Gasteiger partial charge is 0.233 e. The molecule has 3 aromatic rings. The fourth-order valence-corrected chi connectivity index (χ4v) is 4.85. The highest BCUT2D eigenvalue weighted by molar-refractivity contribution is 7.83. The Labute approximate surface area is 167 Å². The number of hydrogen-bond donors (Lipinski definition) is 1. The Hall–Kier alpha value is -2.73. The average Bonchev–Trinajstić information content (AvgIpc) is 3.21. The van der Waals surface area contributed by atoms with Crippen molar-refractivity contribution in [2.24, 2.45) is 0 Å². The van der Waals surface area contributed by atoms with Gasteiger partial charge >= 0.3 is 0 Å². The highest BCUT2D eigenvalue weighted by atomic mass is 32.2. The molecule has 2 atom stereocenters. The van der Waals surface area contributed by atoms with Gasteiger partial charge in [-0.1, -0.05) is 55.0 Å². The van der Waals surface area contributed by atoms with Gasteiger partial charge in [0.2, 0.25) is 5.91 Å². The normalized spacial score (nSPS) is 16.6. The summed E-state index contributed by atoms with van der Waals surface area (Å²) >= 11 is 0. The minimum atomic E-state index is -0.957. The quantitative estimate of drug-likeness (QED) is 0.710. The molecule has 4 rings (SSSR count). The van der Waals surface area contributed by atoms with Gasteiger partial charge in [0, 0.05) is 16.4 Å². The highest BCUT2D eigenvalue weighted by Gasteiger charge is 2.29. The van der Waals surface area contributed by atoms with Crippen LogP contribution in [0.5, 0.6) is 0 Å². The van der Waals surface area contributed by atoms with Gasteiger partial charge in [-0.05, 0) is 31.0 Å². The largest absolute Gasteiger partial charge is 0.310 e. The van der Waals surface area contributed by atoms with E-state index in [1.807, 2.05) is 68.4 Å². The number of carbonyl (C=O) groups excluding carboxylic acids is 1. The third-order valence-electron chi connectivity index (χ3n) is 5.12. The summed E-state index contributed by atoms with van der Waals surface area (Å²) in [5, 5.41) is 7.76. The van der Waals surface area contributed by atoms with Gasteiger partial charge in [-0.25, -0.2) is 4.68 Å². The zero-order valence-corrected chi connectivity index (χ0v) is 16.8. The Morgan fingerprint density at radius 3 is 2.54 bits per heavy atom. The summed E-state index contributed by atoms with van der Waals surface area (Å²) in [6.45, 7) is 4.04. The minimum absolute atomic E-state index is 0.0672. The minimum Gasteiger partial charge on any atom is -0.310 e. The Balaban J connectivity index is 1.71. The van der Waals surface area contributed by atoms with Crippen molar-refractivity contribution in [2.75, 3.05) is 5.32 Å². The zero-order valence-electron chi connectivity index (χ0n) is 16.0. The number of nitrogens with one attached hydrogen (secondary N) is 1. The van der Waals surface area contributed by atoms with Gasteiger partial charge in [0.05, 0.1) is 28.8 Å². The lowest BCUT2D eigenvalue weighted by molar-refractivity contribution is -0.117. The third kappa shape index (κ3) is 3.52. The maximum absolute atomic E-state index is 13.1. The molecule has 0 saturated carbocycles. The van der Waals surface area contributed by atoms with Crippen LogP contribution in [0.3, 0.4) is 0 Å². The summed E-state index contributed by atoms with van der Waals surface area (Å²) in [5.74, 6) is 1.20. The van der Waals surface area contributed by atoms with E-state index < -0.39 is 10.8 Å². The molecule has 144 valence electrons. The summed E-state index contributed by atoms with van der Waals surface area (Å²) in [4.78, 5) is 13.1. The molecule has 1 aromatic heterocycles. The summed E-state index contributed by atoms with van der Waals surface area (Å²) < 4.78 is 13.8. The maximum atomic E-state index is 13.1. The number of rotatable bonds is 5. The van der Waals surface area contributed by atoms with Crippen LogP contribution in [0.1, 0.15) is 41.6 Å². The van der Waals surface area contributed by atoms with Crippen LogP contribution in [0.2, 0.25) is 0 Å². The Kier molecular flexibility index (Phi) is 5.13. The molecule has 0 bridgehead atoms. The second-order valence-electron chi connectivity index (χ2n) is 7.11. The van der Waals surface area contributed by atoms with Crippen molar-refractivity contribution < 1.29 is 9.00 Å². The monoisotopic (exact) mass is 393 g/mol. The van der Waals surface area contributed by atoms with Crippen LogP contribution < -0.4 is 5.32 Å². The molecule has 0 saturated heterocycles. The fourth-order valence-electron chi connectivity index (χ4n) is 3.59. The lowest BCUT2D eigenvalue weighted by atomic mass is 9.95. The maximum Gasteiger partial charge on any atom is 0.233 e. The molecule has 0 aliphatic carbocycles. The van der Waals surface area contributed by atoms with Crippen LogP contribution in [-0.2, 0) is 27.1 Å². The summed E-state index contributed by atoms with van der Waals surface area (Å²) in [5.41, 5.74) is 4.72. The Morgan fingerprint density at radius 1 is 1.14 bits per heavy atom. The average molecular weight is 394 g/mol. The molecule has 0 unspecified atom stereocenters. The first-order valence-corrected chi connectivity index (χ1v) is 10.9. The standard InChI is InChI=1S/C22H23N3O2S/c1-3-18(16-7-5-4-6-8-16)22(26)23-21-19-13-28(27)14-20(19)24-25(21)17-11-9-15(2)10-12-17/h4-12,18H,3,13-14H2,1-2H3,(H,23,26)/t18-,28+/m1/s1. The Bertz CT molecular complexity index is 1030. The number of nitrogens with zero attached hydrogens (tertiary/aromatic N) is 2. The molecule has 5 nitrogen and oxygen atoms in total. The summed E-state index contributed by atoms with van der Waals surface area (Å²) in [6.07, 6.45) is 0.697. The molecule has 2 heterocycles. The van der Waals surface area contributed by atoms with Crippen LogP contribution >= 0.6 is 0 Å². The number of hydrogen-bond acceptors (Lipinski definition) is 3. The molecule has 1 aliphatic rings. The highest BCUT2D eigenvalue weighted by Crippen LogP contribution is 2.32. The molecular formula is C22H23N3O2S. The second-order valence-corrected chi connectivity index (χ2v) is 8.57. The Morgan fingerprint density at radius 2 is 1.86 bits per heavy atom. The van der Waals surface area contributed by atoms with E-state index in [1.54, 1.807) is 4.68 Å². The van der Waals surface area contributed by atoms with Gasteiger partial charge in [-0.15, -0.1) is 0 Å². The van der Waals surface area contributed by atoms with Crippen LogP contribution in [-0.4, -0.2) is 19.9 Å². The first-order chi connectivity index (χ1) is 13.6. The number of anilines is 1. The van der Waals surface area contributed by atoms with E-state index in [0.29, 0.717) is 23.7 Å². The predicted molar refractivity (Wildman–Crippen MR) is 112 cm³/mol. The van der Waals surface area contributed by atoms with Crippen LogP contribution in [0.15, 0.2) is 54.6 Å². The van der Waals surface area contributed by atoms with E-state index in [0.717, 1.165) is 28.1 Å². The van der Waals surface area contributed by atoms with Crippen LogP contribution in [0.4, 0.5) is 5.82 Å². The van der Waals surface area contributed by atoms with Crippen molar-refractivity contribution in [3.05, 3.63) is 77.0 Å². The number of aromatic nitrogens is 2. The van der Waals surface area contributed by atoms with E-state index in [9.17, 15) is 9.00 Å². The molecule has 0 radical (unpaired) electrons. The van der Waals surface area contributed by atoms with Gasteiger partial charge in [0.15, 0.2) is 0 Å². The van der Waals surface area contributed by atoms with Gasteiger partial charge in [0.25, 0.3) is 0 Å². The molecule has 1 aliphatic heterocycles. The van der Waals surface area contributed by atoms with Crippen molar-refractivity contribution in [1.29, 1.82) is 0 Å². The molecule has 28 heavy (non-hydrogen) atoms. The van der Waals surface area contributed by atoms with Gasteiger partial charge in [0.1, 0.15) is 5.82 Å². The molecule has 0 spiro atoms. The fraction of sp³-hybridized carbons (Fsp3) is 0.273. The van der Waals surface area contributed by atoms with Crippen molar-refractivity contribution in [3.63, 3.8) is 0 Å². The van der Waals surface area contributed by atoms with Crippen molar-refractivity contribution in [3.8, 4) is 5.69 Å². The second kappa shape index (κ2) is 7.72. The van der Waals surface area contributed by atoms with Gasteiger partial charge in [-0.3, -0.25) is 9.00 Å². The molecule has 1 N–H and O–H groups in total. The van der Waals surface area contributed by atoms with Crippen molar-refractivity contribution in [1.82, 2.24) is 9.78 Å². The molecular weight excluding hydrogens is 370 g/mol.